The van der Waals surface area contributed by atoms with Gasteiger partial charge in [-0.05, 0) is 67.6 Å². The number of Topliss-reactive ketones (excluding diaryl/α,β-unsaturated/α-hetero) is 1. The molecule has 3 atom stereocenters. The Morgan fingerprint density at radius 3 is 2.78 bits per heavy atom. The van der Waals surface area contributed by atoms with E-state index in [0.717, 1.165) is 57.3 Å². The SMILES string of the molecule is C=CC1=C(C(C)=O)[C@@]2(C)CC=C3C4=C(CCC3C2C1)CC1(CC4)OCCO1. The van der Waals surface area contributed by atoms with Crippen molar-refractivity contribution in [3.63, 3.8) is 0 Å². The third-order valence-electron chi connectivity index (χ3n) is 7.96. The van der Waals surface area contributed by atoms with E-state index in [1.807, 2.05) is 6.08 Å². The topological polar surface area (TPSA) is 35.5 Å². The summed E-state index contributed by atoms with van der Waals surface area (Å²) in [5.41, 5.74) is 6.97. The van der Waals surface area contributed by atoms with Crippen LogP contribution in [0.1, 0.15) is 58.8 Å². The Hall–Kier alpha value is -1.45. The molecule has 1 aliphatic heterocycles. The lowest BCUT2D eigenvalue weighted by Crippen LogP contribution is -2.40. The number of ether oxygens (including phenoxy) is 2. The van der Waals surface area contributed by atoms with Crippen molar-refractivity contribution in [2.75, 3.05) is 13.2 Å². The van der Waals surface area contributed by atoms with Crippen molar-refractivity contribution < 1.29 is 14.3 Å². The van der Waals surface area contributed by atoms with Crippen LogP contribution in [-0.4, -0.2) is 24.8 Å². The Kier molecular flexibility index (Phi) is 3.93. The number of carbonyl (C=O) groups is 1. The van der Waals surface area contributed by atoms with Gasteiger partial charge < -0.3 is 9.47 Å². The number of carbonyl (C=O) groups excluding carboxylic acids is 1. The Labute approximate surface area is 162 Å². The average Bonchev–Trinajstić information content (AvgIpc) is 3.22. The monoisotopic (exact) mass is 366 g/mol. The van der Waals surface area contributed by atoms with E-state index in [9.17, 15) is 4.79 Å². The van der Waals surface area contributed by atoms with Crippen molar-refractivity contribution in [3.8, 4) is 0 Å². The standard InChI is InChI=1S/C24H30O3/c1-4-16-13-21-20-6-5-17-14-24(26-11-12-27-24)10-8-18(17)19(20)7-9-23(21,3)22(16)15(2)25/h4,7,20-21H,1,5-6,8-14H2,2-3H3/t20?,21?,23-/m0/s1. The number of fused-ring (bicyclic) bond motifs is 4. The predicted molar refractivity (Wildman–Crippen MR) is 105 cm³/mol. The molecule has 0 N–H and O–H groups in total. The molecule has 3 nitrogen and oxygen atoms in total. The van der Waals surface area contributed by atoms with E-state index in [1.165, 1.54) is 12.0 Å². The van der Waals surface area contributed by atoms with Gasteiger partial charge in [0.25, 0.3) is 0 Å². The quantitative estimate of drug-likeness (QED) is 0.686. The van der Waals surface area contributed by atoms with Gasteiger partial charge in [0.05, 0.1) is 13.2 Å². The number of rotatable bonds is 2. The van der Waals surface area contributed by atoms with Gasteiger partial charge in [0.15, 0.2) is 11.6 Å². The van der Waals surface area contributed by atoms with Crippen LogP contribution in [0.25, 0.3) is 0 Å². The van der Waals surface area contributed by atoms with Crippen molar-refractivity contribution in [2.24, 2.45) is 17.3 Å². The number of hydrogen-bond donors (Lipinski definition) is 0. The smallest absolute Gasteiger partial charge is 0.172 e. The van der Waals surface area contributed by atoms with Crippen LogP contribution in [0.15, 0.2) is 46.6 Å². The van der Waals surface area contributed by atoms with Crippen LogP contribution >= 0.6 is 0 Å². The Balaban J connectivity index is 1.49. The first-order chi connectivity index (χ1) is 13.0. The van der Waals surface area contributed by atoms with E-state index in [1.54, 1.807) is 23.6 Å². The van der Waals surface area contributed by atoms with E-state index in [2.05, 4.69) is 19.6 Å². The molecule has 1 saturated heterocycles. The molecule has 0 radical (unpaired) electrons. The lowest BCUT2D eigenvalue weighted by molar-refractivity contribution is -0.164. The van der Waals surface area contributed by atoms with Gasteiger partial charge in [-0.25, -0.2) is 0 Å². The second kappa shape index (κ2) is 6.02. The van der Waals surface area contributed by atoms with Crippen LogP contribution in [0, 0.1) is 17.3 Å². The molecule has 0 amide bonds. The molecule has 3 heteroatoms. The third kappa shape index (κ3) is 2.44. The van der Waals surface area contributed by atoms with Gasteiger partial charge in [-0.1, -0.05) is 31.2 Å². The summed E-state index contributed by atoms with van der Waals surface area (Å²) < 4.78 is 12.0. The van der Waals surface area contributed by atoms with Crippen molar-refractivity contribution in [1.29, 1.82) is 0 Å². The van der Waals surface area contributed by atoms with Gasteiger partial charge in [0, 0.05) is 23.8 Å². The number of allylic oxidation sites excluding steroid dienone is 6. The van der Waals surface area contributed by atoms with E-state index >= 15 is 0 Å². The maximum atomic E-state index is 12.4. The normalized spacial score (nSPS) is 37.0. The van der Waals surface area contributed by atoms with Gasteiger partial charge in [-0.2, -0.15) is 0 Å². The Morgan fingerprint density at radius 1 is 1.30 bits per heavy atom. The van der Waals surface area contributed by atoms with E-state index < -0.39 is 0 Å². The zero-order chi connectivity index (χ0) is 18.8. The fourth-order valence-electron chi connectivity index (χ4n) is 6.84. The zero-order valence-electron chi connectivity index (χ0n) is 16.6. The van der Waals surface area contributed by atoms with Crippen LogP contribution in [0.3, 0.4) is 0 Å². The molecule has 0 aromatic carbocycles. The molecule has 144 valence electrons. The molecular weight excluding hydrogens is 336 g/mol. The summed E-state index contributed by atoms with van der Waals surface area (Å²) in [5.74, 6) is 1.02. The molecule has 5 rings (SSSR count). The minimum Gasteiger partial charge on any atom is -0.347 e. The Morgan fingerprint density at radius 2 is 2.07 bits per heavy atom. The highest BCUT2D eigenvalue weighted by atomic mass is 16.7. The second-order valence-electron chi connectivity index (χ2n) is 9.26. The van der Waals surface area contributed by atoms with Gasteiger partial charge in [0.1, 0.15) is 0 Å². The number of hydrogen-bond acceptors (Lipinski definition) is 3. The molecule has 0 aromatic heterocycles. The van der Waals surface area contributed by atoms with Gasteiger partial charge in [0.2, 0.25) is 0 Å². The lowest BCUT2D eigenvalue weighted by atomic mass is 9.57. The van der Waals surface area contributed by atoms with Crippen molar-refractivity contribution in [3.05, 3.63) is 46.6 Å². The van der Waals surface area contributed by atoms with Crippen LogP contribution < -0.4 is 0 Å². The fraction of sp³-hybridized carbons (Fsp3) is 0.625. The van der Waals surface area contributed by atoms with Crippen molar-refractivity contribution >= 4 is 5.78 Å². The largest absolute Gasteiger partial charge is 0.347 e. The minimum atomic E-state index is -0.331. The van der Waals surface area contributed by atoms with E-state index in [-0.39, 0.29) is 17.0 Å². The highest BCUT2D eigenvalue weighted by molar-refractivity contribution is 5.96. The fourth-order valence-corrected chi connectivity index (χ4v) is 6.84. The van der Waals surface area contributed by atoms with Crippen LogP contribution in [0.5, 0.6) is 0 Å². The summed E-state index contributed by atoms with van der Waals surface area (Å²) in [6.07, 6.45) is 11.7. The van der Waals surface area contributed by atoms with Gasteiger partial charge in [-0.3, -0.25) is 4.79 Å². The highest BCUT2D eigenvalue weighted by Crippen LogP contribution is 2.61. The molecule has 4 aliphatic carbocycles. The van der Waals surface area contributed by atoms with Crippen LogP contribution in [0.4, 0.5) is 0 Å². The second-order valence-corrected chi connectivity index (χ2v) is 9.26. The summed E-state index contributed by atoms with van der Waals surface area (Å²) >= 11 is 0. The van der Waals surface area contributed by atoms with Gasteiger partial charge in [-0.15, -0.1) is 0 Å². The molecule has 0 bridgehead atoms. The maximum Gasteiger partial charge on any atom is 0.172 e. The molecule has 0 saturated carbocycles. The molecule has 2 unspecified atom stereocenters. The van der Waals surface area contributed by atoms with Crippen molar-refractivity contribution in [1.82, 2.24) is 0 Å². The Bertz CT molecular complexity index is 805. The molecule has 1 fully saturated rings. The molecule has 1 heterocycles. The third-order valence-corrected chi connectivity index (χ3v) is 7.96. The van der Waals surface area contributed by atoms with Gasteiger partial charge >= 0.3 is 0 Å². The molecule has 1 spiro atoms. The first-order valence-corrected chi connectivity index (χ1v) is 10.5. The maximum absolute atomic E-state index is 12.4. The van der Waals surface area contributed by atoms with E-state index in [0.29, 0.717) is 11.8 Å². The minimum absolute atomic E-state index is 0.0187. The summed E-state index contributed by atoms with van der Waals surface area (Å²) in [6, 6.07) is 0. The first-order valence-electron chi connectivity index (χ1n) is 10.5. The summed E-state index contributed by atoms with van der Waals surface area (Å²) in [5, 5.41) is 0. The molecule has 0 aromatic rings. The van der Waals surface area contributed by atoms with Crippen molar-refractivity contribution in [2.45, 2.75) is 64.6 Å². The molecule has 27 heavy (non-hydrogen) atoms. The molecule has 5 aliphatic rings. The van der Waals surface area contributed by atoms with Crippen LogP contribution in [-0.2, 0) is 14.3 Å². The first kappa shape index (κ1) is 17.6. The average molecular weight is 367 g/mol. The summed E-state index contributed by atoms with van der Waals surface area (Å²) in [7, 11) is 0. The highest BCUT2D eigenvalue weighted by Gasteiger charge is 2.53. The lowest BCUT2D eigenvalue weighted by Gasteiger charge is -2.48. The van der Waals surface area contributed by atoms with Crippen LogP contribution in [0.2, 0.25) is 0 Å². The molecular formula is C24H30O3. The van der Waals surface area contributed by atoms with E-state index in [4.69, 9.17) is 9.47 Å². The number of ketones is 1. The summed E-state index contributed by atoms with van der Waals surface area (Å²) in [4.78, 5) is 12.4. The zero-order valence-corrected chi connectivity index (χ0v) is 16.6. The predicted octanol–water partition coefficient (Wildman–Crippen LogP) is 5.05. The summed E-state index contributed by atoms with van der Waals surface area (Å²) in [6.45, 7) is 9.53.